The number of sulfonamides is 2. The molecule has 0 aliphatic rings. The van der Waals surface area contributed by atoms with E-state index in [1.165, 1.54) is 48.5 Å². The first kappa shape index (κ1) is 21.2. The highest BCUT2D eigenvalue weighted by atomic mass is 32.2. The minimum atomic E-state index is -3.50. The quantitative estimate of drug-likeness (QED) is 0.564. The van der Waals surface area contributed by atoms with E-state index in [9.17, 15) is 16.8 Å². The predicted octanol–water partition coefficient (Wildman–Crippen LogP) is 1.01. The number of nitrogens with one attached hydrogen (secondary N) is 2. The maximum absolute atomic E-state index is 11.9. The van der Waals surface area contributed by atoms with Crippen LogP contribution in [0.3, 0.4) is 0 Å². The van der Waals surface area contributed by atoms with Crippen LogP contribution in [0, 0.1) is 0 Å². The van der Waals surface area contributed by atoms with E-state index in [0.29, 0.717) is 24.6 Å². The van der Waals surface area contributed by atoms with Crippen LogP contribution in [-0.2, 0) is 20.0 Å². The topological polar surface area (TPSA) is 111 Å². The number of rotatable bonds is 10. The summed E-state index contributed by atoms with van der Waals surface area (Å²) in [6.07, 6.45) is 0. The van der Waals surface area contributed by atoms with Crippen molar-refractivity contribution in [1.82, 2.24) is 9.44 Å². The summed E-state index contributed by atoms with van der Waals surface area (Å²) in [5.41, 5.74) is 0. The molecule has 11 heteroatoms. The standard InChI is InChI=1S/C16H21BN2O6S2/c1-3-18-26(20,21)15-9-5-13(6-10-15)24-17-25-14-7-11-16(12-8-14)27(22,23)19-4-2/h5-12,17-19H,3-4H2,1-2H3. The van der Waals surface area contributed by atoms with E-state index >= 15 is 0 Å². The highest BCUT2D eigenvalue weighted by molar-refractivity contribution is 7.89. The molecule has 0 spiro atoms. The number of benzene rings is 2. The van der Waals surface area contributed by atoms with Crippen LogP contribution in [0.5, 0.6) is 11.5 Å². The lowest BCUT2D eigenvalue weighted by Crippen LogP contribution is -2.23. The average Bonchev–Trinajstić information content (AvgIpc) is 2.62. The van der Waals surface area contributed by atoms with Gasteiger partial charge in [-0.3, -0.25) is 0 Å². The van der Waals surface area contributed by atoms with Gasteiger partial charge in [0.15, 0.2) is 0 Å². The Balaban J connectivity index is 1.91. The smallest absolute Gasteiger partial charge is 0.529 e. The lowest BCUT2D eigenvalue weighted by Gasteiger charge is -2.09. The predicted molar refractivity (Wildman–Crippen MR) is 103 cm³/mol. The second kappa shape index (κ2) is 9.22. The summed E-state index contributed by atoms with van der Waals surface area (Å²) < 4.78 is 63.1. The average molecular weight is 412 g/mol. The van der Waals surface area contributed by atoms with Gasteiger partial charge in [0.25, 0.3) is 0 Å². The Morgan fingerprint density at radius 1 is 0.704 bits per heavy atom. The monoisotopic (exact) mass is 412 g/mol. The first-order chi connectivity index (χ1) is 12.8. The second-order valence-electron chi connectivity index (χ2n) is 5.35. The van der Waals surface area contributed by atoms with Crippen molar-refractivity contribution in [2.24, 2.45) is 0 Å². The summed E-state index contributed by atoms with van der Waals surface area (Å²) in [7, 11) is -7.12. The van der Waals surface area contributed by atoms with Crippen LogP contribution in [0.1, 0.15) is 13.8 Å². The third-order valence-electron chi connectivity index (χ3n) is 3.39. The molecule has 0 heterocycles. The molecule has 0 saturated heterocycles. The summed E-state index contributed by atoms with van der Waals surface area (Å²) in [6, 6.07) is 11.9. The Morgan fingerprint density at radius 2 is 1.04 bits per heavy atom. The largest absolute Gasteiger partial charge is 0.576 e. The van der Waals surface area contributed by atoms with Gasteiger partial charge >= 0.3 is 7.69 Å². The molecular formula is C16H21BN2O6S2. The van der Waals surface area contributed by atoms with Gasteiger partial charge in [-0.25, -0.2) is 26.3 Å². The highest BCUT2D eigenvalue weighted by Gasteiger charge is 2.13. The van der Waals surface area contributed by atoms with E-state index in [1.54, 1.807) is 13.8 Å². The second-order valence-corrected chi connectivity index (χ2v) is 8.89. The Kier molecular flexibility index (Phi) is 7.25. The normalized spacial score (nSPS) is 11.8. The summed E-state index contributed by atoms with van der Waals surface area (Å²) in [6.45, 7) is 4.02. The van der Waals surface area contributed by atoms with Gasteiger partial charge in [-0.2, -0.15) is 0 Å². The van der Waals surface area contributed by atoms with Gasteiger partial charge in [0.2, 0.25) is 20.0 Å². The molecule has 0 radical (unpaired) electrons. The molecule has 0 aromatic heterocycles. The molecule has 2 rings (SSSR count). The van der Waals surface area contributed by atoms with Crippen LogP contribution in [-0.4, -0.2) is 37.6 Å². The van der Waals surface area contributed by atoms with Gasteiger partial charge in [0, 0.05) is 13.1 Å². The van der Waals surface area contributed by atoms with E-state index < -0.39 is 20.0 Å². The molecule has 0 amide bonds. The van der Waals surface area contributed by atoms with Crippen molar-refractivity contribution in [2.75, 3.05) is 13.1 Å². The first-order valence-electron chi connectivity index (χ1n) is 8.23. The lowest BCUT2D eigenvalue weighted by molar-refractivity contribution is 0.458. The fourth-order valence-electron chi connectivity index (χ4n) is 2.14. The van der Waals surface area contributed by atoms with E-state index in [2.05, 4.69) is 9.44 Å². The van der Waals surface area contributed by atoms with Gasteiger partial charge in [-0.1, -0.05) is 13.8 Å². The van der Waals surface area contributed by atoms with E-state index in [-0.39, 0.29) is 17.5 Å². The molecule has 27 heavy (non-hydrogen) atoms. The summed E-state index contributed by atoms with van der Waals surface area (Å²) in [5.74, 6) is 0.883. The fourth-order valence-corrected chi connectivity index (χ4v) is 4.22. The van der Waals surface area contributed by atoms with E-state index in [1.807, 2.05) is 0 Å². The molecule has 0 bridgehead atoms. The zero-order valence-corrected chi connectivity index (χ0v) is 16.6. The minimum absolute atomic E-state index is 0.112. The molecular weight excluding hydrogens is 391 g/mol. The zero-order chi connectivity index (χ0) is 19.9. The minimum Gasteiger partial charge on any atom is -0.529 e. The molecule has 2 aromatic rings. The maximum Gasteiger partial charge on any atom is 0.576 e. The van der Waals surface area contributed by atoms with Crippen molar-refractivity contribution in [1.29, 1.82) is 0 Å². The fraction of sp³-hybridized carbons (Fsp3) is 0.250. The third-order valence-corrected chi connectivity index (χ3v) is 6.51. The van der Waals surface area contributed by atoms with Crippen molar-refractivity contribution in [3.05, 3.63) is 48.5 Å². The molecule has 2 N–H and O–H groups in total. The van der Waals surface area contributed by atoms with Crippen LogP contribution in [0.2, 0.25) is 0 Å². The van der Waals surface area contributed by atoms with Gasteiger partial charge in [0.05, 0.1) is 9.79 Å². The van der Waals surface area contributed by atoms with Crippen molar-refractivity contribution in [3.8, 4) is 11.5 Å². The van der Waals surface area contributed by atoms with Crippen LogP contribution < -0.4 is 18.8 Å². The van der Waals surface area contributed by atoms with Gasteiger partial charge in [0.1, 0.15) is 11.5 Å². The van der Waals surface area contributed by atoms with Crippen molar-refractivity contribution in [3.63, 3.8) is 0 Å². The molecule has 0 aliphatic heterocycles. The van der Waals surface area contributed by atoms with Gasteiger partial charge < -0.3 is 9.31 Å². The molecule has 0 aliphatic carbocycles. The SMILES string of the molecule is CCNS(=O)(=O)c1ccc(OBOc2ccc(S(=O)(=O)NCC)cc2)cc1. The van der Waals surface area contributed by atoms with Crippen LogP contribution in [0.4, 0.5) is 0 Å². The van der Waals surface area contributed by atoms with Crippen molar-refractivity contribution < 1.29 is 26.1 Å². The maximum atomic E-state index is 11.9. The van der Waals surface area contributed by atoms with E-state index in [4.69, 9.17) is 9.31 Å². The Labute approximate surface area is 160 Å². The lowest BCUT2D eigenvalue weighted by atomic mass is 10.3. The third kappa shape index (κ3) is 5.96. The molecule has 0 atom stereocenters. The molecule has 0 saturated carbocycles. The van der Waals surface area contributed by atoms with Gasteiger partial charge in [-0.05, 0) is 48.5 Å². The highest BCUT2D eigenvalue weighted by Crippen LogP contribution is 2.18. The Morgan fingerprint density at radius 3 is 1.33 bits per heavy atom. The molecule has 146 valence electrons. The van der Waals surface area contributed by atoms with Crippen molar-refractivity contribution in [2.45, 2.75) is 23.6 Å². The summed E-state index contributed by atoms with van der Waals surface area (Å²) in [4.78, 5) is 0.296. The Bertz CT molecular complexity index is 866. The molecule has 0 unspecified atom stereocenters. The van der Waals surface area contributed by atoms with Crippen LogP contribution >= 0.6 is 0 Å². The number of hydrogen-bond acceptors (Lipinski definition) is 6. The number of hydrogen-bond donors (Lipinski definition) is 2. The summed E-state index contributed by atoms with van der Waals surface area (Å²) >= 11 is 0. The summed E-state index contributed by atoms with van der Waals surface area (Å²) in [5, 5.41) is 0. The molecule has 2 aromatic carbocycles. The molecule has 8 nitrogen and oxygen atoms in total. The van der Waals surface area contributed by atoms with Gasteiger partial charge in [-0.15, -0.1) is 0 Å². The van der Waals surface area contributed by atoms with Crippen LogP contribution in [0.25, 0.3) is 0 Å². The molecule has 0 fully saturated rings. The van der Waals surface area contributed by atoms with Crippen LogP contribution in [0.15, 0.2) is 58.3 Å². The van der Waals surface area contributed by atoms with Crippen molar-refractivity contribution >= 4 is 27.7 Å². The zero-order valence-electron chi connectivity index (χ0n) is 15.0. The van der Waals surface area contributed by atoms with E-state index in [0.717, 1.165) is 0 Å². The first-order valence-corrected chi connectivity index (χ1v) is 11.2. The Hall–Kier alpha value is -2.08.